The van der Waals surface area contributed by atoms with Gasteiger partial charge in [-0.25, -0.2) is 0 Å². The van der Waals surface area contributed by atoms with Gasteiger partial charge in [0.15, 0.2) is 0 Å². The van der Waals surface area contributed by atoms with Crippen molar-refractivity contribution < 1.29 is 14.7 Å². The zero-order chi connectivity index (χ0) is 11.5. The molecule has 1 heterocycles. The monoisotopic (exact) mass is 236 g/mol. The molecule has 16 heavy (non-hydrogen) atoms. The molecule has 1 atom stereocenters. The largest absolute Gasteiger partial charge is 0.548 e. The van der Waals surface area contributed by atoms with Crippen molar-refractivity contribution in [1.29, 1.82) is 0 Å². The van der Waals surface area contributed by atoms with E-state index in [1.807, 2.05) is 30.3 Å². The van der Waals surface area contributed by atoms with Gasteiger partial charge in [-0.3, -0.25) is 4.79 Å². The number of hydrogen-bond acceptors (Lipinski definition) is 4. The Hall–Kier alpha value is -1.49. The second-order valence-corrected chi connectivity index (χ2v) is 4.73. The van der Waals surface area contributed by atoms with E-state index in [4.69, 9.17) is 0 Å². The van der Waals surface area contributed by atoms with Gasteiger partial charge in [0.25, 0.3) is 0 Å². The highest BCUT2D eigenvalue weighted by atomic mass is 32.2. The van der Waals surface area contributed by atoms with Gasteiger partial charge in [0.05, 0.1) is 24.3 Å². The predicted octanol–water partition coefficient (Wildman–Crippen LogP) is 0.0870. The minimum atomic E-state index is -1.22. The van der Waals surface area contributed by atoms with Gasteiger partial charge in [-0.05, 0) is 12.1 Å². The summed E-state index contributed by atoms with van der Waals surface area (Å²) in [5, 5.41) is 10.4. The number of carbonyl (C=O) groups excluding carboxylic acids is 2. The van der Waals surface area contributed by atoms with Crippen LogP contribution in [-0.4, -0.2) is 28.7 Å². The maximum atomic E-state index is 11.2. The van der Waals surface area contributed by atoms with Crippen molar-refractivity contribution in [3.63, 3.8) is 0 Å². The molecule has 84 valence electrons. The van der Waals surface area contributed by atoms with Crippen LogP contribution in [0.25, 0.3) is 0 Å². The molecule has 0 bridgehead atoms. The molecule has 0 saturated carbocycles. The van der Waals surface area contributed by atoms with Gasteiger partial charge in [0, 0.05) is 4.90 Å². The summed E-state index contributed by atoms with van der Waals surface area (Å²) in [6.07, 6.45) is 0.396. The standard InChI is InChI=1S/C11H11NO3S/c13-9-6-10(12(9)7-11(14)15)16-8-4-2-1-3-5-8/h1-5,10H,6-7H2,(H,14,15)/p-1. The number of amides is 1. The highest BCUT2D eigenvalue weighted by molar-refractivity contribution is 8.00. The van der Waals surface area contributed by atoms with E-state index in [0.29, 0.717) is 6.42 Å². The average molecular weight is 236 g/mol. The van der Waals surface area contributed by atoms with Gasteiger partial charge in [-0.1, -0.05) is 18.2 Å². The molecule has 4 nitrogen and oxygen atoms in total. The van der Waals surface area contributed by atoms with Crippen LogP contribution >= 0.6 is 11.8 Å². The van der Waals surface area contributed by atoms with E-state index in [1.54, 1.807) is 0 Å². The third-order valence-electron chi connectivity index (χ3n) is 2.33. The summed E-state index contributed by atoms with van der Waals surface area (Å²) in [6, 6.07) is 9.60. The van der Waals surface area contributed by atoms with Crippen LogP contribution in [0.1, 0.15) is 6.42 Å². The molecule has 1 aromatic rings. The molecule has 0 radical (unpaired) electrons. The summed E-state index contributed by atoms with van der Waals surface area (Å²) in [7, 11) is 0. The number of likely N-dealkylation sites (tertiary alicyclic amines) is 1. The molecule has 1 fully saturated rings. The molecule has 1 aliphatic rings. The van der Waals surface area contributed by atoms with E-state index in [-0.39, 0.29) is 17.8 Å². The van der Waals surface area contributed by atoms with Crippen molar-refractivity contribution in [3.05, 3.63) is 30.3 Å². The van der Waals surface area contributed by atoms with E-state index >= 15 is 0 Å². The molecule has 1 aliphatic heterocycles. The topological polar surface area (TPSA) is 60.4 Å². The fourth-order valence-electron chi connectivity index (χ4n) is 1.52. The Morgan fingerprint density at radius 2 is 2.12 bits per heavy atom. The van der Waals surface area contributed by atoms with E-state index in [2.05, 4.69) is 0 Å². The minimum absolute atomic E-state index is 0.0761. The molecule has 0 aliphatic carbocycles. The Kier molecular flexibility index (Phi) is 3.14. The van der Waals surface area contributed by atoms with Crippen molar-refractivity contribution in [2.75, 3.05) is 6.54 Å². The fraction of sp³-hybridized carbons (Fsp3) is 0.273. The van der Waals surface area contributed by atoms with Gasteiger partial charge >= 0.3 is 0 Å². The van der Waals surface area contributed by atoms with Crippen LogP contribution in [0.15, 0.2) is 35.2 Å². The third kappa shape index (κ3) is 2.36. The fourth-order valence-corrected chi connectivity index (χ4v) is 2.69. The lowest BCUT2D eigenvalue weighted by Crippen LogP contribution is -2.54. The lowest BCUT2D eigenvalue weighted by Gasteiger charge is -2.40. The van der Waals surface area contributed by atoms with Crippen molar-refractivity contribution in [2.24, 2.45) is 0 Å². The second kappa shape index (κ2) is 4.57. The predicted molar refractivity (Wildman–Crippen MR) is 57.4 cm³/mol. The third-order valence-corrected chi connectivity index (χ3v) is 3.57. The molecular formula is C11H10NO3S-. The highest BCUT2D eigenvalue weighted by Crippen LogP contribution is 2.34. The number of carboxylic acids is 1. The SMILES string of the molecule is O=C([O-])CN1C(=O)CC1Sc1ccccc1. The van der Waals surface area contributed by atoms with Crippen LogP contribution in [0.2, 0.25) is 0 Å². The van der Waals surface area contributed by atoms with E-state index in [0.717, 1.165) is 4.90 Å². The smallest absolute Gasteiger partial charge is 0.226 e. The Labute approximate surface area is 97.3 Å². The van der Waals surface area contributed by atoms with E-state index < -0.39 is 5.97 Å². The first kappa shape index (κ1) is 11.0. The number of hydrogen-bond donors (Lipinski definition) is 0. The Morgan fingerprint density at radius 3 is 2.69 bits per heavy atom. The summed E-state index contributed by atoms with van der Waals surface area (Å²) in [5.41, 5.74) is 0. The summed E-state index contributed by atoms with van der Waals surface area (Å²) in [6.45, 7) is -0.316. The maximum absolute atomic E-state index is 11.2. The molecule has 0 aromatic heterocycles. The van der Waals surface area contributed by atoms with Gasteiger partial charge in [-0.2, -0.15) is 0 Å². The summed E-state index contributed by atoms with van der Waals surface area (Å²) in [4.78, 5) is 24.0. The Bertz CT molecular complexity index is 407. The first-order valence-electron chi connectivity index (χ1n) is 4.88. The van der Waals surface area contributed by atoms with Gasteiger partial charge < -0.3 is 14.8 Å². The van der Waals surface area contributed by atoms with Crippen LogP contribution in [0.3, 0.4) is 0 Å². The highest BCUT2D eigenvalue weighted by Gasteiger charge is 2.36. The molecule has 0 N–H and O–H groups in total. The van der Waals surface area contributed by atoms with E-state index in [9.17, 15) is 14.7 Å². The molecular weight excluding hydrogens is 226 g/mol. The number of thioether (sulfide) groups is 1. The van der Waals surface area contributed by atoms with Gasteiger partial charge in [0.2, 0.25) is 5.91 Å². The van der Waals surface area contributed by atoms with Crippen LogP contribution in [0.5, 0.6) is 0 Å². The number of nitrogens with zero attached hydrogens (tertiary/aromatic N) is 1. The number of aliphatic carboxylic acids is 1. The number of carboxylic acid groups (broad SMARTS) is 1. The molecule has 1 unspecified atom stereocenters. The lowest BCUT2D eigenvalue weighted by molar-refractivity contribution is -0.306. The summed E-state index contributed by atoms with van der Waals surface area (Å²) >= 11 is 1.50. The number of benzene rings is 1. The van der Waals surface area contributed by atoms with Crippen molar-refractivity contribution in [3.8, 4) is 0 Å². The number of rotatable bonds is 4. The van der Waals surface area contributed by atoms with Gasteiger partial charge in [-0.15, -0.1) is 11.8 Å². The second-order valence-electron chi connectivity index (χ2n) is 3.48. The zero-order valence-electron chi connectivity index (χ0n) is 8.46. The first-order valence-corrected chi connectivity index (χ1v) is 5.76. The normalized spacial score (nSPS) is 19.4. The molecule has 2 rings (SSSR count). The van der Waals surface area contributed by atoms with Crippen LogP contribution < -0.4 is 5.11 Å². The van der Waals surface area contributed by atoms with E-state index in [1.165, 1.54) is 16.7 Å². The minimum Gasteiger partial charge on any atom is -0.548 e. The zero-order valence-corrected chi connectivity index (χ0v) is 9.28. The van der Waals surface area contributed by atoms with Crippen molar-refractivity contribution in [2.45, 2.75) is 16.7 Å². The Balaban J connectivity index is 1.96. The average Bonchev–Trinajstić information content (AvgIpc) is 2.27. The molecule has 5 heteroatoms. The van der Waals surface area contributed by atoms with Crippen LogP contribution in [-0.2, 0) is 9.59 Å². The molecule has 0 spiro atoms. The number of carbonyl (C=O) groups is 2. The van der Waals surface area contributed by atoms with Crippen LogP contribution in [0.4, 0.5) is 0 Å². The molecule has 1 aromatic carbocycles. The summed E-state index contributed by atoms with van der Waals surface area (Å²) in [5.74, 6) is -1.34. The molecule has 1 amide bonds. The quantitative estimate of drug-likeness (QED) is 0.695. The Morgan fingerprint density at radius 1 is 1.44 bits per heavy atom. The summed E-state index contributed by atoms with van der Waals surface area (Å²) < 4.78 is 0. The number of β-lactam (4-membered cyclic amide) rings is 1. The first-order chi connectivity index (χ1) is 7.66. The van der Waals surface area contributed by atoms with Crippen LogP contribution in [0, 0.1) is 0 Å². The van der Waals surface area contributed by atoms with Crippen molar-refractivity contribution in [1.82, 2.24) is 4.90 Å². The lowest BCUT2D eigenvalue weighted by atomic mass is 10.2. The van der Waals surface area contributed by atoms with Gasteiger partial charge in [0.1, 0.15) is 0 Å². The molecule has 1 saturated heterocycles. The maximum Gasteiger partial charge on any atom is 0.226 e. The van der Waals surface area contributed by atoms with Crippen molar-refractivity contribution >= 4 is 23.6 Å².